The Hall–Kier alpha value is -2.09. The van der Waals surface area contributed by atoms with Crippen molar-refractivity contribution in [3.05, 3.63) is 11.3 Å². The highest BCUT2D eigenvalue weighted by Crippen LogP contribution is 2.29. The first-order valence-corrected chi connectivity index (χ1v) is 9.70. The Balaban J connectivity index is 1.55. The summed E-state index contributed by atoms with van der Waals surface area (Å²) in [6, 6.07) is 0.630. The zero-order valence-electron chi connectivity index (χ0n) is 15.8. The topological polar surface area (TPSA) is 76.6 Å². The predicted molar refractivity (Wildman–Crippen MR) is 102 cm³/mol. The number of carbonyl (C=O) groups excluding carboxylic acids is 1. The molecule has 1 aromatic rings. The molecule has 1 aliphatic carbocycles. The largest absolute Gasteiger partial charge is 0.353 e. The molecule has 0 spiro atoms. The lowest BCUT2D eigenvalue weighted by molar-refractivity contribution is 0.168. The van der Waals surface area contributed by atoms with Gasteiger partial charge in [-0.25, -0.2) is 9.78 Å². The summed E-state index contributed by atoms with van der Waals surface area (Å²) in [4.78, 5) is 27.8. The van der Waals surface area contributed by atoms with Crippen molar-refractivity contribution in [3.63, 3.8) is 0 Å². The number of rotatable bonds is 3. The number of urea groups is 1. The summed E-state index contributed by atoms with van der Waals surface area (Å²) < 4.78 is 0. The van der Waals surface area contributed by atoms with Gasteiger partial charge in [0.05, 0.1) is 5.69 Å². The molecule has 26 heavy (non-hydrogen) atoms. The van der Waals surface area contributed by atoms with Gasteiger partial charge in [-0.15, -0.1) is 0 Å². The van der Waals surface area contributed by atoms with Gasteiger partial charge >= 0.3 is 6.03 Å². The van der Waals surface area contributed by atoms with Crippen molar-refractivity contribution in [2.45, 2.75) is 31.7 Å². The zero-order chi connectivity index (χ0) is 18.1. The van der Waals surface area contributed by atoms with Crippen LogP contribution in [0.1, 0.15) is 24.1 Å². The van der Waals surface area contributed by atoms with Crippen LogP contribution in [0.4, 0.5) is 16.6 Å². The van der Waals surface area contributed by atoms with Gasteiger partial charge in [-0.1, -0.05) is 0 Å². The van der Waals surface area contributed by atoms with Gasteiger partial charge in [0, 0.05) is 64.8 Å². The number of aromatic nitrogens is 2. The first-order chi connectivity index (χ1) is 12.6. The lowest BCUT2D eigenvalue weighted by Gasteiger charge is -2.37. The van der Waals surface area contributed by atoms with Crippen molar-refractivity contribution in [3.8, 4) is 0 Å². The minimum Gasteiger partial charge on any atom is -0.353 e. The van der Waals surface area contributed by atoms with E-state index < -0.39 is 0 Å². The average molecular weight is 359 g/mol. The van der Waals surface area contributed by atoms with E-state index in [-0.39, 0.29) is 6.03 Å². The highest BCUT2D eigenvalue weighted by Gasteiger charge is 2.28. The fourth-order valence-electron chi connectivity index (χ4n) is 3.65. The summed E-state index contributed by atoms with van der Waals surface area (Å²) >= 11 is 0. The average Bonchev–Trinajstić information content (AvgIpc) is 3.47. The van der Waals surface area contributed by atoms with Crippen LogP contribution in [0.15, 0.2) is 0 Å². The summed E-state index contributed by atoms with van der Waals surface area (Å²) in [5, 5.41) is 6.93. The third kappa shape index (κ3) is 3.70. The van der Waals surface area contributed by atoms with E-state index >= 15 is 0 Å². The van der Waals surface area contributed by atoms with E-state index in [1.165, 1.54) is 24.1 Å². The van der Waals surface area contributed by atoms with Gasteiger partial charge < -0.3 is 25.3 Å². The molecule has 4 rings (SSSR count). The molecule has 0 bridgehead atoms. The molecule has 2 fully saturated rings. The highest BCUT2D eigenvalue weighted by molar-refractivity contribution is 5.74. The summed E-state index contributed by atoms with van der Waals surface area (Å²) in [6.07, 6.45) is 4.33. The molecule has 2 amide bonds. The highest BCUT2D eigenvalue weighted by atomic mass is 16.2. The fourth-order valence-corrected chi connectivity index (χ4v) is 3.65. The van der Waals surface area contributed by atoms with E-state index in [9.17, 15) is 4.79 Å². The number of nitrogens with zero attached hydrogens (tertiary/aromatic N) is 5. The predicted octanol–water partition coefficient (Wildman–Crippen LogP) is 0.543. The molecule has 1 saturated carbocycles. The molecule has 2 aliphatic heterocycles. The minimum absolute atomic E-state index is 0.0893. The molecule has 1 aromatic heterocycles. The SMILES string of the molecule is CN(C)C(=O)N1CCN(c2nc(NC3CC3)nc3c2CCNCC3)CC1. The van der Waals surface area contributed by atoms with Crippen molar-refractivity contribution < 1.29 is 4.79 Å². The summed E-state index contributed by atoms with van der Waals surface area (Å²) in [6.45, 7) is 5.05. The number of hydrogen-bond donors (Lipinski definition) is 2. The van der Waals surface area contributed by atoms with Gasteiger partial charge in [0.2, 0.25) is 5.95 Å². The van der Waals surface area contributed by atoms with Crippen LogP contribution in [0.25, 0.3) is 0 Å². The molecule has 2 N–H and O–H groups in total. The molecule has 0 unspecified atom stereocenters. The molecular weight excluding hydrogens is 330 g/mol. The Morgan fingerprint density at radius 1 is 1.12 bits per heavy atom. The minimum atomic E-state index is 0.0893. The van der Waals surface area contributed by atoms with Crippen molar-refractivity contribution in [2.24, 2.45) is 0 Å². The second-order valence-corrected chi connectivity index (χ2v) is 7.62. The molecule has 142 valence electrons. The molecule has 0 atom stereocenters. The van der Waals surface area contributed by atoms with Crippen LogP contribution in [0.5, 0.6) is 0 Å². The van der Waals surface area contributed by atoms with Crippen LogP contribution in [0.3, 0.4) is 0 Å². The Kier molecular flexibility index (Phi) is 4.84. The van der Waals surface area contributed by atoms with E-state index in [1.807, 2.05) is 19.0 Å². The zero-order valence-corrected chi connectivity index (χ0v) is 15.8. The van der Waals surface area contributed by atoms with Gasteiger partial charge in [-0.2, -0.15) is 4.98 Å². The summed E-state index contributed by atoms with van der Waals surface area (Å²) in [5.41, 5.74) is 2.46. The standard InChI is InChI=1S/C18H29N7O/c1-23(2)18(26)25-11-9-24(10-12-25)16-14-5-7-19-8-6-15(14)21-17(22-16)20-13-3-4-13/h13,19H,3-12H2,1-2H3,(H,20,21,22). The van der Waals surface area contributed by atoms with Crippen molar-refractivity contribution in [1.82, 2.24) is 25.1 Å². The normalized spacial score (nSPS) is 20.4. The monoisotopic (exact) mass is 359 g/mol. The van der Waals surface area contributed by atoms with Gasteiger partial charge in [0.1, 0.15) is 5.82 Å². The van der Waals surface area contributed by atoms with Crippen LogP contribution in [-0.2, 0) is 12.8 Å². The Bertz CT molecular complexity index is 666. The van der Waals surface area contributed by atoms with E-state index in [0.29, 0.717) is 6.04 Å². The van der Waals surface area contributed by atoms with Gasteiger partial charge in [0.15, 0.2) is 0 Å². The Labute approximate surface area is 155 Å². The smallest absolute Gasteiger partial charge is 0.319 e. The van der Waals surface area contributed by atoms with E-state index in [1.54, 1.807) is 4.90 Å². The van der Waals surface area contributed by atoms with Crippen molar-refractivity contribution in [2.75, 3.05) is 63.6 Å². The van der Waals surface area contributed by atoms with Crippen LogP contribution < -0.4 is 15.5 Å². The molecule has 3 aliphatic rings. The molecular formula is C18H29N7O. The van der Waals surface area contributed by atoms with E-state index in [4.69, 9.17) is 9.97 Å². The second kappa shape index (κ2) is 7.26. The maximum atomic E-state index is 12.2. The number of piperazine rings is 1. The van der Waals surface area contributed by atoms with Crippen LogP contribution in [0, 0.1) is 0 Å². The third-order valence-corrected chi connectivity index (χ3v) is 5.30. The van der Waals surface area contributed by atoms with Gasteiger partial charge in [0.25, 0.3) is 0 Å². The number of nitrogens with one attached hydrogen (secondary N) is 2. The molecule has 8 nitrogen and oxygen atoms in total. The van der Waals surface area contributed by atoms with Gasteiger partial charge in [-0.3, -0.25) is 0 Å². The lowest BCUT2D eigenvalue weighted by atomic mass is 10.1. The quantitative estimate of drug-likeness (QED) is 0.821. The first-order valence-electron chi connectivity index (χ1n) is 9.70. The van der Waals surface area contributed by atoms with E-state index in [2.05, 4.69) is 15.5 Å². The number of anilines is 2. The molecule has 8 heteroatoms. The van der Waals surface area contributed by atoms with Gasteiger partial charge in [-0.05, 0) is 25.8 Å². The van der Waals surface area contributed by atoms with E-state index in [0.717, 1.165) is 63.9 Å². The number of amides is 2. The summed E-state index contributed by atoms with van der Waals surface area (Å²) in [5.74, 6) is 1.84. The summed E-state index contributed by atoms with van der Waals surface area (Å²) in [7, 11) is 3.61. The second-order valence-electron chi connectivity index (χ2n) is 7.62. The molecule has 0 radical (unpaired) electrons. The number of carbonyl (C=O) groups is 1. The van der Waals surface area contributed by atoms with Crippen molar-refractivity contribution in [1.29, 1.82) is 0 Å². The Morgan fingerprint density at radius 2 is 1.85 bits per heavy atom. The third-order valence-electron chi connectivity index (χ3n) is 5.30. The lowest BCUT2D eigenvalue weighted by Crippen LogP contribution is -2.52. The molecule has 1 saturated heterocycles. The molecule has 0 aromatic carbocycles. The first kappa shape index (κ1) is 17.3. The maximum absolute atomic E-state index is 12.2. The van der Waals surface area contributed by atoms with Crippen LogP contribution >= 0.6 is 0 Å². The fraction of sp³-hybridized carbons (Fsp3) is 0.722. The molecule has 3 heterocycles. The number of fused-ring (bicyclic) bond motifs is 1. The van der Waals surface area contributed by atoms with Crippen molar-refractivity contribution >= 4 is 17.8 Å². The van der Waals surface area contributed by atoms with Crippen LogP contribution in [-0.4, -0.2) is 85.2 Å². The maximum Gasteiger partial charge on any atom is 0.319 e. The number of hydrogen-bond acceptors (Lipinski definition) is 6. The van der Waals surface area contributed by atoms with Crippen LogP contribution in [0.2, 0.25) is 0 Å². The Morgan fingerprint density at radius 3 is 2.54 bits per heavy atom.